The molecule has 4 rings (SSSR count). The minimum Gasteiger partial charge on any atom is -0.315 e. The van der Waals surface area contributed by atoms with Gasteiger partial charge in [0.2, 0.25) is 5.56 Å². The lowest BCUT2D eigenvalue weighted by molar-refractivity contribution is 0.348. The number of piperidine rings is 1. The van der Waals surface area contributed by atoms with Gasteiger partial charge in [0, 0.05) is 42.5 Å². The maximum absolute atomic E-state index is 11.8. The summed E-state index contributed by atoms with van der Waals surface area (Å²) in [5.41, 5.74) is 5.48. The molecular formula is C20H24N4O. The maximum Gasteiger partial charge on any atom is 0.250 e. The van der Waals surface area contributed by atoms with E-state index >= 15 is 0 Å². The van der Waals surface area contributed by atoms with Crippen LogP contribution >= 0.6 is 0 Å². The smallest absolute Gasteiger partial charge is 0.250 e. The standard InChI is InChI=1S/C20H24N4O/c1-13-9-15(18-6-7-19(25)23(3)14(18)2)10-16-12-24(22-20(13)16)17-5-4-8-21-11-17/h6-7,9-10,12,17,21H,4-5,8,11H2,1-3H3. The number of pyridine rings is 1. The first-order valence-corrected chi connectivity index (χ1v) is 8.92. The van der Waals surface area contributed by atoms with Crippen molar-refractivity contribution >= 4 is 10.9 Å². The van der Waals surface area contributed by atoms with E-state index in [9.17, 15) is 4.79 Å². The van der Waals surface area contributed by atoms with Crippen molar-refractivity contribution in [2.24, 2.45) is 7.05 Å². The number of fused-ring (bicyclic) bond motifs is 1. The number of aryl methyl sites for hydroxylation is 1. The molecule has 0 bridgehead atoms. The molecule has 0 spiro atoms. The molecule has 1 unspecified atom stereocenters. The van der Waals surface area contributed by atoms with Gasteiger partial charge in [-0.2, -0.15) is 5.10 Å². The highest BCUT2D eigenvalue weighted by Crippen LogP contribution is 2.29. The van der Waals surface area contributed by atoms with Crippen LogP contribution in [0.2, 0.25) is 0 Å². The van der Waals surface area contributed by atoms with Gasteiger partial charge in [0.05, 0.1) is 11.6 Å². The molecule has 5 heteroatoms. The molecule has 0 amide bonds. The average molecular weight is 336 g/mol. The minimum absolute atomic E-state index is 0.0247. The normalized spacial score (nSPS) is 18.0. The monoisotopic (exact) mass is 336 g/mol. The van der Waals surface area contributed by atoms with Crippen molar-refractivity contribution in [3.05, 3.63) is 52.1 Å². The summed E-state index contributed by atoms with van der Waals surface area (Å²) in [6.07, 6.45) is 4.54. The molecule has 0 radical (unpaired) electrons. The third-order valence-corrected chi connectivity index (χ3v) is 5.39. The summed E-state index contributed by atoms with van der Waals surface area (Å²) in [5.74, 6) is 0. The molecule has 5 nitrogen and oxygen atoms in total. The van der Waals surface area contributed by atoms with Crippen LogP contribution in [0.25, 0.3) is 22.0 Å². The van der Waals surface area contributed by atoms with Gasteiger partial charge < -0.3 is 9.88 Å². The lowest BCUT2D eigenvalue weighted by atomic mass is 10.00. The van der Waals surface area contributed by atoms with Gasteiger partial charge in [0.25, 0.3) is 0 Å². The zero-order valence-corrected chi connectivity index (χ0v) is 15.0. The second-order valence-corrected chi connectivity index (χ2v) is 7.07. The summed E-state index contributed by atoms with van der Waals surface area (Å²) in [5, 5.41) is 9.46. The molecule has 1 atom stereocenters. The molecule has 0 aliphatic carbocycles. The van der Waals surface area contributed by atoms with Gasteiger partial charge in [-0.15, -0.1) is 0 Å². The van der Waals surface area contributed by atoms with Gasteiger partial charge in [-0.1, -0.05) is 0 Å². The zero-order valence-electron chi connectivity index (χ0n) is 15.0. The number of nitrogens with one attached hydrogen (secondary N) is 1. The second-order valence-electron chi connectivity index (χ2n) is 7.07. The van der Waals surface area contributed by atoms with Crippen LogP contribution in [0.3, 0.4) is 0 Å². The van der Waals surface area contributed by atoms with Crippen LogP contribution < -0.4 is 10.9 Å². The summed E-state index contributed by atoms with van der Waals surface area (Å²) in [6.45, 7) is 6.19. The maximum atomic E-state index is 11.8. The Morgan fingerprint density at radius 3 is 2.84 bits per heavy atom. The Hall–Kier alpha value is -2.40. The van der Waals surface area contributed by atoms with Crippen LogP contribution in [0.5, 0.6) is 0 Å². The first kappa shape index (κ1) is 16.1. The fourth-order valence-electron chi connectivity index (χ4n) is 3.77. The molecule has 2 aromatic heterocycles. The molecular weight excluding hydrogens is 312 g/mol. The van der Waals surface area contributed by atoms with Gasteiger partial charge >= 0.3 is 0 Å². The van der Waals surface area contributed by atoms with Crippen molar-refractivity contribution < 1.29 is 0 Å². The fraction of sp³-hybridized carbons (Fsp3) is 0.400. The summed E-state index contributed by atoms with van der Waals surface area (Å²) < 4.78 is 3.83. The van der Waals surface area contributed by atoms with Gasteiger partial charge in [0.1, 0.15) is 0 Å². The van der Waals surface area contributed by atoms with Crippen molar-refractivity contribution in [3.8, 4) is 11.1 Å². The summed E-state index contributed by atoms with van der Waals surface area (Å²) >= 11 is 0. The molecule has 0 saturated carbocycles. The van der Waals surface area contributed by atoms with E-state index in [2.05, 4.69) is 35.3 Å². The van der Waals surface area contributed by atoms with E-state index in [0.717, 1.165) is 40.8 Å². The molecule has 1 aliphatic heterocycles. The molecule has 1 aliphatic rings. The van der Waals surface area contributed by atoms with E-state index in [1.165, 1.54) is 18.4 Å². The Labute approximate surface area is 147 Å². The summed E-state index contributed by atoms with van der Waals surface area (Å²) in [7, 11) is 1.82. The van der Waals surface area contributed by atoms with E-state index in [0.29, 0.717) is 6.04 Å². The van der Waals surface area contributed by atoms with E-state index in [1.54, 1.807) is 10.6 Å². The Bertz CT molecular complexity index is 993. The van der Waals surface area contributed by atoms with E-state index in [1.807, 2.05) is 20.0 Å². The van der Waals surface area contributed by atoms with Crippen molar-refractivity contribution in [2.75, 3.05) is 13.1 Å². The number of hydrogen-bond donors (Lipinski definition) is 1. The summed E-state index contributed by atoms with van der Waals surface area (Å²) in [4.78, 5) is 11.8. The third-order valence-electron chi connectivity index (χ3n) is 5.39. The quantitative estimate of drug-likeness (QED) is 0.783. The van der Waals surface area contributed by atoms with Crippen LogP contribution in [-0.4, -0.2) is 27.4 Å². The topological polar surface area (TPSA) is 51.9 Å². The van der Waals surface area contributed by atoms with Crippen LogP contribution in [0, 0.1) is 13.8 Å². The van der Waals surface area contributed by atoms with Crippen molar-refractivity contribution in [1.29, 1.82) is 0 Å². The second kappa shape index (κ2) is 6.15. The Morgan fingerprint density at radius 2 is 2.08 bits per heavy atom. The van der Waals surface area contributed by atoms with Crippen molar-refractivity contribution in [2.45, 2.75) is 32.7 Å². The predicted molar refractivity (Wildman–Crippen MR) is 101 cm³/mol. The molecule has 1 saturated heterocycles. The Morgan fingerprint density at radius 1 is 1.24 bits per heavy atom. The highest BCUT2D eigenvalue weighted by atomic mass is 16.1. The average Bonchev–Trinajstić information content (AvgIpc) is 3.05. The molecule has 3 heterocycles. The lowest BCUT2D eigenvalue weighted by Gasteiger charge is -2.22. The Balaban J connectivity index is 1.82. The van der Waals surface area contributed by atoms with Gasteiger partial charge in [-0.05, 0) is 62.6 Å². The van der Waals surface area contributed by atoms with Crippen LogP contribution in [-0.2, 0) is 7.05 Å². The van der Waals surface area contributed by atoms with Crippen molar-refractivity contribution in [1.82, 2.24) is 19.7 Å². The van der Waals surface area contributed by atoms with Crippen LogP contribution in [0.1, 0.15) is 30.1 Å². The predicted octanol–water partition coefficient (Wildman–Crippen LogP) is 2.94. The first-order chi connectivity index (χ1) is 12.0. The molecule has 130 valence electrons. The number of nitrogens with zero attached hydrogens (tertiary/aromatic N) is 3. The van der Waals surface area contributed by atoms with E-state index in [4.69, 9.17) is 5.10 Å². The van der Waals surface area contributed by atoms with E-state index in [-0.39, 0.29) is 5.56 Å². The highest BCUT2D eigenvalue weighted by molar-refractivity contribution is 5.87. The van der Waals surface area contributed by atoms with Gasteiger partial charge in [-0.3, -0.25) is 9.48 Å². The largest absolute Gasteiger partial charge is 0.315 e. The van der Waals surface area contributed by atoms with Gasteiger partial charge in [0.15, 0.2) is 0 Å². The highest BCUT2D eigenvalue weighted by Gasteiger charge is 2.17. The lowest BCUT2D eigenvalue weighted by Crippen LogP contribution is -2.31. The number of benzene rings is 1. The van der Waals surface area contributed by atoms with Crippen molar-refractivity contribution in [3.63, 3.8) is 0 Å². The third kappa shape index (κ3) is 2.78. The summed E-state index contributed by atoms with van der Waals surface area (Å²) in [6, 6.07) is 8.36. The van der Waals surface area contributed by atoms with E-state index < -0.39 is 0 Å². The number of rotatable bonds is 2. The first-order valence-electron chi connectivity index (χ1n) is 8.92. The molecule has 1 fully saturated rings. The molecule has 3 aromatic rings. The van der Waals surface area contributed by atoms with Crippen LogP contribution in [0.4, 0.5) is 0 Å². The Kier molecular flexibility index (Phi) is 3.96. The SMILES string of the molecule is Cc1cc(-c2ccc(=O)n(C)c2C)cc2cn(C3CCCNC3)nc12. The fourth-order valence-corrected chi connectivity index (χ4v) is 3.77. The molecule has 1 aromatic carbocycles. The molecule has 1 N–H and O–H groups in total. The number of aromatic nitrogens is 3. The van der Waals surface area contributed by atoms with Gasteiger partial charge in [-0.25, -0.2) is 0 Å². The zero-order chi connectivity index (χ0) is 17.6. The molecule has 25 heavy (non-hydrogen) atoms. The van der Waals surface area contributed by atoms with Crippen LogP contribution in [0.15, 0.2) is 35.3 Å². The minimum atomic E-state index is 0.0247. The number of hydrogen-bond acceptors (Lipinski definition) is 3.